The molecule has 0 spiro atoms. The fraction of sp³-hybridized carbons (Fsp3) is 0.657. The van der Waals surface area contributed by atoms with E-state index in [-0.39, 0.29) is 26.1 Å². The molecule has 9 nitrogen and oxygen atoms in total. The molecule has 0 aliphatic carbocycles. The van der Waals surface area contributed by atoms with Crippen LogP contribution in [0.15, 0.2) is 134 Å². The number of nitrogens with zero attached hydrogens (tertiary/aromatic N) is 1. The number of phosphoric ester groups is 1. The lowest BCUT2D eigenvalue weighted by Crippen LogP contribution is -2.37. The van der Waals surface area contributed by atoms with Gasteiger partial charge >= 0.3 is 11.9 Å². The van der Waals surface area contributed by atoms with Crippen molar-refractivity contribution in [3.63, 3.8) is 0 Å². The van der Waals surface area contributed by atoms with Crippen molar-refractivity contribution in [3.8, 4) is 0 Å². The molecular weight excluding hydrogens is 1010 g/mol. The van der Waals surface area contributed by atoms with Crippen LogP contribution in [0.3, 0.4) is 0 Å². The molecule has 0 heterocycles. The molecule has 0 bridgehead atoms. The number of allylic oxidation sites excluding steroid dienone is 22. The van der Waals surface area contributed by atoms with Crippen molar-refractivity contribution in [2.24, 2.45) is 0 Å². The van der Waals surface area contributed by atoms with Crippen LogP contribution < -0.4 is 4.89 Å². The van der Waals surface area contributed by atoms with E-state index in [0.717, 1.165) is 122 Å². The summed E-state index contributed by atoms with van der Waals surface area (Å²) in [5.74, 6) is -0.856. The number of carbonyl (C=O) groups is 2. The summed E-state index contributed by atoms with van der Waals surface area (Å²) in [5.41, 5.74) is 0. The van der Waals surface area contributed by atoms with Gasteiger partial charge in [-0.3, -0.25) is 14.2 Å². The van der Waals surface area contributed by atoms with Crippen molar-refractivity contribution in [3.05, 3.63) is 134 Å². The molecule has 0 aromatic rings. The molecule has 0 saturated heterocycles. The summed E-state index contributed by atoms with van der Waals surface area (Å²) >= 11 is 0. The topological polar surface area (TPSA) is 111 Å². The highest BCUT2D eigenvalue weighted by molar-refractivity contribution is 7.45. The number of phosphoric acid groups is 1. The zero-order valence-corrected chi connectivity index (χ0v) is 52.6. The zero-order chi connectivity index (χ0) is 58.4. The van der Waals surface area contributed by atoms with E-state index in [9.17, 15) is 19.0 Å². The van der Waals surface area contributed by atoms with Gasteiger partial charge in [-0.05, 0) is 109 Å². The van der Waals surface area contributed by atoms with Gasteiger partial charge in [-0.15, -0.1) is 0 Å². The number of likely N-dealkylation sites (N-methyl/N-ethyl adjacent to an activating group) is 1. The molecule has 0 aliphatic heterocycles. The molecule has 0 amide bonds. The van der Waals surface area contributed by atoms with Crippen LogP contribution in [0.1, 0.15) is 245 Å². The lowest BCUT2D eigenvalue weighted by Gasteiger charge is -2.28. The van der Waals surface area contributed by atoms with Gasteiger partial charge in [0.25, 0.3) is 7.82 Å². The van der Waals surface area contributed by atoms with Crippen molar-refractivity contribution in [1.29, 1.82) is 0 Å². The van der Waals surface area contributed by atoms with E-state index in [0.29, 0.717) is 23.9 Å². The van der Waals surface area contributed by atoms with E-state index in [1.807, 2.05) is 21.1 Å². The van der Waals surface area contributed by atoms with Crippen molar-refractivity contribution in [2.45, 2.75) is 251 Å². The zero-order valence-electron chi connectivity index (χ0n) is 51.7. The van der Waals surface area contributed by atoms with Gasteiger partial charge in [0.2, 0.25) is 0 Å². The molecule has 80 heavy (non-hydrogen) atoms. The summed E-state index contributed by atoms with van der Waals surface area (Å²) in [5, 5.41) is 0. The minimum Gasteiger partial charge on any atom is -0.756 e. The van der Waals surface area contributed by atoms with Crippen LogP contribution in [0, 0.1) is 0 Å². The number of rotatable bonds is 57. The second-order valence-electron chi connectivity index (χ2n) is 22.0. The average molecular weight is 1130 g/mol. The quantitative estimate of drug-likeness (QED) is 0.0195. The minimum absolute atomic E-state index is 0.0386. The molecule has 0 aromatic carbocycles. The summed E-state index contributed by atoms with van der Waals surface area (Å²) in [6.07, 6.45) is 86.7. The molecule has 10 heteroatoms. The first kappa shape index (κ1) is 76.1. The Balaban J connectivity index is 4.01. The van der Waals surface area contributed by atoms with Crippen LogP contribution >= 0.6 is 7.82 Å². The van der Waals surface area contributed by atoms with Gasteiger partial charge in [-0.2, -0.15) is 0 Å². The number of hydrogen-bond acceptors (Lipinski definition) is 8. The van der Waals surface area contributed by atoms with Crippen molar-refractivity contribution in [2.75, 3.05) is 47.5 Å². The van der Waals surface area contributed by atoms with Crippen LogP contribution in [-0.4, -0.2) is 70.0 Å². The number of quaternary nitrogens is 1. The first-order chi connectivity index (χ1) is 39.0. The molecular formula is C70H118NO8P. The maximum absolute atomic E-state index is 12.8. The minimum atomic E-state index is -4.65. The first-order valence-electron chi connectivity index (χ1n) is 31.9. The van der Waals surface area contributed by atoms with E-state index < -0.39 is 32.5 Å². The Labute approximate surface area is 491 Å². The number of unbranched alkanes of at least 4 members (excludes halogenated alkanes) is 21. The van der Waals surface area contributed by atoms with Gasteiger partial charge in [0.1, 0.15) is 19.8 Å². The van der Waals surface area contributed by atoms with Crippen molar-refractivity contribution < 1.29 is 42.1 Å². The van der Waals surface area contributed by atoms with Gasteiger partial charge in [0.15, 0.2) is 6.10 Å². The van der Waals surface area contributed by atoms with Crippen molar-refractivity contribution in [1.82, 2.24) is 0 Å². The molecule has 0 aliphatic rings. The summed E-state index contributed by atoms with van der Waals surface area (Å²) in [6.45, 7) is 3.98. The highest BCUT2D eigenvalue weighted by Crippen LogP contribution is 2.38. The number of ether oxygens (including phenoxy) is 2. The molecule has 0 N–H and O–H groups in total. The molecule has 0 fully saturated rings. The second-order valence-corrected chi connectivity index (χ2v) is 23.4. The highest BCUT2D eigenvalue weighted by Gasteiger charge is 2.22. The lowest BCUT2D eigenvalue weighted by atomic mass is 10.0. The monoisotopic (exact) mass is 1130 g/mol. The van der Waals surface area contributed by atoms with E-state index in [1.165, 1.54) is 83.5 Å². The van der Waals surface area contributed by atoms with Gasteiger partial charge in [0.05, 0.1) is 27.7 Å². The predicted octanol–water partition coefficient (Wildman–Crippen LogP) is 19.9. The van der Waals surface area contributed by atoms with E-state index in [2.05, 4.69) is 148 Å². The Bertz CT molecular complexity index is 1810. The summed E-state index contributed by atoms with van der Waals surface area (Å²) in [7, 11) is 1.15. The molecule has 0 saturated carbocycles. The van der Waals surface area contributed by atoms with Gasteiger partial charge in [-0.25, -0.2) is 0 Å². The summed E-state index contributed by atoms with van der Waals surface area (Å²) in [4.78, 5) is 37.9. The molecule has 2 unspecified atom stereocenters. The fourth-order valence-corrected chi connectivity index (χ4v) is 9.06. The number of carbonyl (C=O) groups excluding carboxylic acids is 2. The predicted molar refractivity (Wildman–Crippen MR) is 341 cm³/mol. The third kappa shape index (κ3) is 63.3. The summed E-state index contributed by atoms with van der Waals surface area (Å²) in [6, 6.07) is 0. The Morgan fingerprint density at radius 1 is 0.388 bits per heavy atom. The van der Waals surface area contributed by atoms with E-state index in [1.54, 1.807) is 0 Å². The number of esters is 2. The normalized spacial score (nSPS) is 14.1. The highest BCUT2D eigenvalue weighted by atomic mass is 31.2. The standard InChI is InChI=1S/C70H118NO8P/c1-6-8-10-12-14-16-18-20-22-23-24-25-26-27-28-29-30-31-32-33-34-35-36-37-38-39-40-41-42-43-44-45-46-47-49-51-53-55-57-59-61-63-70(73)79-68(67-78-80(74,75)77-65-64-71(3,4)5)66-76-69(72)62-60-58-56-54-52-50-48-21-19-17-15-13-11-9-7-2/h8-11,14-17,20-22,24-25,27-28,30-31,33-34,36-37,48,68H,6-7,12-13,18-19,23,26,29,32,35,38-47,49-67H2,1-5H3/b10-8-,11-9-,16-14-,17-15-,22-20-,25-24-,28-27-,31-30-,34-33-,37-36-,48-21-. The summed E-state index contributed by atoms with van der Waals surface area (Å²) < 4.78 is 34.1. The Hall–Kier alpha value is -3.85. The van der Waals surface area contributed by atoms with Crippen LogP contribution in [0.2, 0.25) is 0 Å². The van der Waals surface area contributed by atoms with Crippen molar-refractivity contribution >= 4 is 19.8 Å². The van der Waals surface area contributed by atoms with Gasteiger partial charge in [-0.1, -0.05) is 257 Å². The number of hydrogen-bond donors (Lipinski definition) is 0. The van der Waals surface area contributed by atoms with Gasteiger partial charge in [0, 0.05) is 12.8 Å². The molecule has 0 radical (unpaired) electrons. The molecule has 0 aromatic heterocycles. The smallest absolute Gasteiger partial charge is 0.306 e. The molecule has 2 atom stereocenters. The maximum Gasteiger partial charge on any atom is 0.306 e. The van der Waals surface area contributed by atoms with E-state index in [4.69, 9.17) is 18.5 Å². The third-order valence-corrected chi connectivity index (χ3v) is 14.1. The fourth-order valence-electron chi connectivity index (χ4n) is 8.33. The largest absolute Gasteiger partial charge is 0.756 e. The Morgan fingerprint density at radius 2 is 0.675 bits per heavy atom. The van der Waals surface area contributed by atoms with Crippen LogP contribution in [0.4, 0.5) is 0 Å². The first-order valence-corrected chi connectivity index (χ1v) is 33.4. The van der Waals surface area contributed by atoms with Crippen LogP contribution in [0.25, 0.3) is 0 Å². The SMILES string of the molecule is CC/C=C\C/C=C\C/C=C\C/C=C\C/C=C\C/C=C\C/C=C\C/C=C\CCCCCCCCCCCCCCCCCCC(=O)OC(COC(=O)CCCCCCC/C=C\C/C=C\C/C=C\CC)COP(=O)([O-])OCC[N+](C)(C)C. The Kier molecular flexibility index (Phi) is 56.9. The molecule has 0 rings (SSSR count). The molecule has 456 valence electrons. The van der Waals surface area contributed by atoms with Crippen LogP contribution in [0.5, 0.6) is 0 Å². The van der Waals surface area contributed by atoms with Gasteiger partial charge < -0.3 is 27.9 Å². The third-order valence-electron chi connectivity index (χ3n) is 13.2. The lowest BCUT2D eigenvalue weighted by molar-refractivity contribution is -0.870. The maximum atomic E-state index is 12.8. The van der Waals surface area contributed by atoms with Crippen LogP contribution in [-0.2, 0) is 32.7 Å². The average Bonchev–Trinajstić information content (AvgIpc) is 3.42. The second kappa shape index (κ2) is 59.8. The Morgan fingerprint density at radius 3 is 1.00 bits per heavy atom. The van der Waals surface area contributed by atoms with E-state index >= 15 is 0 Å².